The fraction of sp³-hybridized carbons (Fsp3) is 0.346. The molecular formula is C26H29N3O6S. The van der Waals surface area contributed by atoms with E-state index in [9.17, 15) is 18.0 Å². The third-order valence-electron chi connectivity index (χ3n) is 6.07. The minimum absolute atomic E-state index is 0.0817. The van der Waals surface area contributed by atoms with Crippen molar-refractivity contribution in [3.8, 4) is 11.3 Å². The minimum atomic E-state index is -3.70. The summed E-state index contributed by atoms with van der Waals surface area (Å²) >= 11 is 0. The fourth-order valence-electron chi connectivity index (χ4n) is 4.05. The van der Waals surface area contributed by atoms with Gasteiger partial charge in [0.2, 0.25) is 15.7 Å². The second-order valence-corrected chi connectivity index (χ2v) is 10.7. The first-order valence-electron chi connectivity index (χ1n) is 11.6. The zero-order valence-electron chi connectivity index (χ0n) is 20.7. The maximum absolute atomic E-state index is 12.9. The van der Waals surface area contributed by atoms with Crippen molar-refractivity contribution < 1.29 is 27.2 Å². The van der Waals surface area contributed by atoms with E-state index in [1.54, 1.807) is 13.1 Å². The molecule has 1 amide bonds. The van der Waals surface area contributed by atoms with E-state index in [2.05, 4.69) is 15.0 Å². The third-order valence-corrected chi connectivity index (χ3v) is 7.22. The zero-order valence-corrected chi connectivity index (χ0v) is 21.5. The lowest BCUT2D eigenvalue weighted by atomic mass is 10.0. The van der Waals surface area contributed by atoms with Crippen LogP contribution in [0.1, 0.15) is 46.7 Å². The third kappa shape index (κ3) is 5.28. The molecule has 0 radical (unpaired) electrons. The van der Waals surface area contributed by atoms with E-state index in [1.807, 2.05) is 37.3 Å². The van der Waals surface area contributed by atoms with E-state index in [0.29, 0.717) is 16.7 Å². The highest BCUT2D eigenvalue weighted by atomic mass is 32.2. The molecule has 1 aliphatic carbocycles. The van der Waals surface area contributed by atoms with Gasteiger partial charge in [-0.2, -0.15) is 4.98 Å². The lowest BCUT2D eigenvalue weighted by Gasteiger charge is -2.23. The molecule has 1 N–H and O–H groups in total. The normalized spacial score (nSPS) is 13.8. The van der Waals surface area contributed by atoms with Crippen LogP contribution in [0, 0.1) is 6.92 Å². The molecule has 0 unspecified atom stereocenters. The number of amides is 1. The van der Waals surface area contributed by atoms with Crippen LogP contribution < -0.4 is 9.62 Å². The fourth-order valence-corrected chi connectivity index (χ4v) is 4.95. The number of anilines is 1. The van der Waals surface area contributed by atoms with Gasteiger partial charge in [-0.25, -0.2) is 13.2 Å². The number of aryl methyl sites for hydroxylation is 1. The number of fused-ring (bicyclic) bond motifs is 1. The number of ether oxygens (including phenoxy) is 1. The van der Waals surface area contributed by atoms with Gasteiger partial charge in [0.05, 0.1) is 24.3 Å². The van der Waals surface area contributed by atoms with Gasteiger partial charge in [-0.1, -0.05) is 35.9 Å². The van der Waals surface area contributed by atoms with Gasteiger partial charge in [0, 0.05) is 25.2 Å². The van der Waals surface area contributed by atoms with Crippen LogP contribution >= 0.6 is 0 Å². The van der Waals surface area contributed by atoms with Gasteiger partial charge in [0.25, 0.3) is 5.91 Å². The number of rotatable bonds is 9. The molecule has 3 aromatic rings. The Morgan fingerprint density at radius 3 is 2.53 bits per heavy atom. The molecule has 1 fully saturated rings. The van der Waals surface area contributed by atoms with Gasteiger partial charge in [-0.05, 0) is 43.7 Å². The van der Waals surface area contributed by atoms with Crippen molar-refractivity contribution in [2.75, 3.05) is 31.3 Å². The van der Waals surface area contributed by atoms with Crippen molar-refractivity contribution in [1.29, 1.82) is 0 Å². The standard InChI is InChI=1S/C26H29N3O6S/c1-16-8-10-18(11-9-16)23-22(25(31)27-2)20-15-19(17-12-13-17)24(28-26(20)35-23)29(36(4,32)33)14-6-5-7-21(30)34-3/h5,7-11,15,17H,6,12-14H2,1-4H3,(H,27,31). The SMILES string of the molecule is CNC(=O)c1c(-c2ccc(C)cc2)oc2nc(N(CCC=CC(=O)OC)S(C)(=O)=O)c(C3CC3)cc12. The van der Waals surface area contributed by atoms with E-state index in [1.165, 1.54) is 17.5 Å². The molecular weight excluding hydrogens is 482 g/mol. The monoisotopic (exact) mass is 511 g/mol. The number of carbonyl (C=O) groups is 2. The van der Waals surface area contributed by atoms with Crippen molar-refractivity contribution in [3.63, 3.8) is 0 Å². The summed E-state index contributed by atoms with van der Waals surface area (Å²) in [6.45, 7) is 2.05. The molecule has 36 heavy (non-hydrogen) atoms. The second-order valence-electron chi connectivity index (χ2n) is 8.83. The summed E-state index contributed by atoms with van der Waals surface area (Å²) in [7, 11) is -0.874. The molecule has 9 nitrogen and oxygen atoms in total. The van der Waals surface area contributed by atoms with E-state index in [0.717, 1.165) is 35.8 Å². The molecule has 0 spiro atoms. The largest absolute Gasteiger partial charge is 0.466 e. The molecule has 0 saturated heterocycles. The van der Waals surface area contributed by atoms with Crippen LogP contribution in [0.25, 0.3) is 22.4 Å². The number of hydrogen-bond acceptors (Lipinski definition) is 7. The lowest BCUT2D eigenvalue weighted by molar-refractivity contribution is -0.134. The Morgan fingerprint density at radius 1 is 1.25 bits per heavy atom. The Labute approximate surface area is 210 Å². The van der Waals surface area contributed by atoms with E-state index < -0.39 is 16.0 Å². The Kier molecular flexibility index (Phi) is 7.16. The van der Waals surface area contributed by atoms with E-state index >= 15 is 0 Å². The molecule has 2 heterocycles. The van der Waals surface area contributed by atoms with Gasteiger partial charge in [0.15, 0.2) is 0 Å². The summed E-state index contributed by atoms with van der Waals surface area (Å²) in [5.41, 5.74) is 3.09. The summed E-state index contributed by atoms with van der Waals surface area (Å²) in [6.07, 6.45) is 6.02. The summed E-state index contributed by atoms with van der Waals surface area (Å²) in [4.78, 5) is 29.0. The molecule has 190 valence electrons. The number of sulfonamides is 1. The van der Waals surface area contributed by atoms with Crippen molar-refractivity contribution in [2.24, 2.45) is 0 Å². The van der Waals surface area contributed by atoms with Gasteiger partial charge < -0.3 is 14.5 Å². The van der Waals surface area contributed by atoms with Crippen molar-refractivity contribution in [1.82, 2.24) is 10.3 Å². The number of pyridine rings is 1. The number of esters is 1. The molecule has 1 aromatic carbocycles. The summed E-state index contributed by atoms with van der Waals surface area (Å²) in [5, 5.41) is 3.21. The van der Waals surface area contributed by atoms with Crippen LogP contribution in [0.4, 0.5) is 5.82 Å². The molecule has 10 heteroatoms. The molecule has 0 bridgehead atoms. The predicted molar refractivity (Wildman–Crippen MR) is 138 cm³/mol. The molecule has 1 saturated carbocycles. The molecule has 4 rings (SSSR count). The number of benzene rings is 1. The number of carbonyl (C=O) groups excluding carboxylic acids is 2. The highest BCUT2D eigenvalue weighted by Crippen LogP contribution is 2.46. The molecule has 2 aromatic heterocycles. The van der Waals surface area contributed by atoms with Crippen LogP contribution in [0.15, 0.2) is 46.9 Å². The van der Waals surface area contributed by atoms with Crippen molar-refractivity contribution >= 4 is 38.8 Å². The Hall–Kier alpha value is -3.66. The van der Waals surface area contributed by atoms with Crippen LogP contribution in [0.5, 0.6) is 0 Å². The Bertz CT molecular complexity index is 1440. The molecule has 0 aliphatic heterocycles. The number of furan rings is 1. The first-order chi connectivity index (χ1) is 17.1. The van der Waals surface area contributed by atoms with Crippen LogP contribution in [0.2, 0.25) is 0 Å². The van der Waals surface area contributed by atoms with Gasteiger partial charge in [-0.15, -0.1) is 0 Å². The summed E-state index contributed by atoms with van der Waals surface area (Å²) in [6, 6.07) is 9.44. The maximum Gasteiger partial charge on any atom is 0.330 e. The van der Waals surface area contributed by atoms with Gasteiger partial charge in [0.1, 0.15) is 11.6 Å². The second kappa shape index (κ2) is 10.1. The summed E-state index contributed by atoms with van der Waals surface area (Å²) in [5.74, 6) is -0.0232. The van der Waals surface area contributed by atoms with Crippen LogP contribution in [-0.4, -0.2) is 52.2 Å². The topological polar surface area (TPSA) is 119 Å². The minimum Gasteiger partial charge on any atom is -0.466 e. The van der Waals surface area contributed by atoms with Crippen molar-refractivity contribution in [2.45, 2.75) is 32.1 Å². The highest BCUT2D eigenvalue weighted by molar-refractivity contribution is 7.92. The first kappa shape index (κ1) is 25.4. The Morgan fingerprint density at radius 2 is 1.94 bits per heavy atom. The number of nitrogens with zero attached hydrogens (tertiary/aromatic N) is 2. The number of nitrogens with one attached hydrogen (secondary N) is 1. The van der Waals surface area contributed by atoms with Crippen molar-refractivity contribution in [3.05, 3.63) is 59.2 Å². The lowest BCUT2D eigenvalue weighted by Crippen LogP contribution is -2.32. The Balaban J connectivity index is 1.86. The van der Waals surface area contributed by atoms with E-state index in [4.69, 9.17) is 4.42 Å². The van der Waals surface area contributed by atoms with Crippen LogP contribution in [-0.2, 0) is 19.6 Å². The summed E-state index contributed by atoms with van der Waals surface area (Å²) < 4.78 is 37.5. The smallest absolute Gasteiger partial charge is 0.330 e. The highest BCUT2D eigenvalue weighted by Gasteiger charge is 2.34. The predicted octanol–water partition coefficient (Wildman–Crippen LogP) is 3.93. The number of aromatic nitrogens is 1. The van der Waals surface area contributed by atoms with Gasteiger partial charge in [-0.3, -0.25) is 9.10 Å². The van der Waals surface area contributed by atoms with Crippen LogP contribution in [0.3, 0.4) is 0 Å². The molecule has 1 aliphatic rings. The maximum atomic E-state index is 12.9. The van der Waals surface area contributed by atoms with Gasteiger partial charge >= 0.3 is 5.97 Å². The first-order valence-corrected chi connectivity index (χ1v) is 13.5. The average molecular weight is 512 g/mol. The quantitative estimate of drug-likeness (QED) is 0.342. The van der Waals surface area contributed by atoms with E-state index in [-0.39, 0.29) is 36.3 Å². The number of hydrogen-bond donors (Lipinski definition) is 1. The zero-order chi connectivity index (χ0) is 26.0. The molecule has 0 atom stereocenters. The number of methoxy groups -OCH3 is 1. The average Bonchev–Trinajstić information content (AvgIpc) is 3.62.